The maximum Gasteiger partial charge on any atom is 0.308 e. The van der Waals surface area contributed by atoms with Crippen LogP contribution in [0.15, 0.2) is 29.0 Å². The summed E-state index contributed by atoms with van der Waals surface area (Å²) in [5.41, 5.74) is 1.77. The lowest BCUT2D eigenvalue weighted by molar-refractivity contribution is -0.142. The number of hydrogen-bond donors (Lipinski definition) is 2. The summed E-state index contributed by atoms with van der Waals surface area (Å²) in [6, 6.07) is 5.80. The molecule has 94 valence electrons. The van der Waals surface area contributed by atoms with Crippen LogP contribution < -0.4 is 5.32 Å². The Hall–Kier alpha value is -1.88. The Morgan fingerprint density at radius 3 is 3.22 bits per heavy atom. The van der Waals surface area contributed by atoms with E-state index in [1.54, 1.807) is 6.26 Å². The van der Waals surface area contributed by atoms with Gasteiger partial charge in [-0.25, -0.2) is 0 Å². The first kappa shape index (κ1) is 11.2. The number of aliphatic carboxylic acids is 1. The second-order valence-corrected chi connectivity index (χ2v) is 4.64. The topological polar surface area (TPSA) is 75.4 Å². The molecule has 1 aliphatic heterocycles. The van der Waals surface area contributed by atoms with Crippen LogP contribution >= 0.6 is 0 Å². The fourth-order valence-corrected chi connectivity index (χ4v) is 2.71. The van der Waals surface area contributed by atoms with Gasteiger partial charge in [0.2, 0.25) is 0 Å². The number of nitrogens with one attached hydrogen (secondary N) is 1. The highest BCUT2D eigenvalue weighted by molar-refractivity contribution is 5.82. The molecule has 0 bridgehead atoms. The van der Waals surface area contributed by atoms with E-state index in [-0.39, 0.29) is 5.92 Å². The summed E-state index contributed by atoms with van der Waals surface area (Å²) in [5.74, 6) is -1.16. The molecule has 3 rings (SSSR count). The molecule has 2 atom stereocenters. The standard InChI is InChI=1S/C13H14N2O3/c16-13(17)11-6-14-5-4-9(11)10-3-1-2-8-7-18-15-12(8)10/h1-3,7,9,11,14H,4-6H2,(H,16,17). The lowest BCUT2D eigenvalue weighted by atomic mass is 9.80. The molecule has 18 heavy (non-hydrogen) atoms. The molecular weight excluding hydrogens is 232 g/mol. The quantitative estimate of drug-likeness (QED) is 0.841. The molecule has 0 spiro atoms. The minimum Gasteiger partial charge on any atom is -0.481 e. The van der Waals surface area contributed by atoms with E-state index in [4.69, 9.17) is 4.52 Å². The van der Waals surface area contributed by atoms with Crippen LogP contribution in [0, 0.1) is 5.92 Å². The smallest absolute Gasteiger partial charge is 0.308 e. The third-order valence-electron chi connectivity index (χ3n) is 3.62. The lowest BCUT2D eigenvalue weighted by Gasteiger charge is -2.29. The number of fused-ring (bicyclic) bond motifs is 1. The fraction of sp³-hybridized carbons (Fsp3) is 0.385. The fourth-order valence-electron chi connectivity index (χ4n) is 2.71. The zero-order valence-corrected chi connectivity index (χ0v) is 9.80. The van der Waals surface area contributed by atoms with Crippen molar-refractivity contribution in [3.63, 3.8) is 0 Å². The van der Waals surface area contributed by atoms with Gasteiger partial charge in [0, 0.05) is 17.8 Å². The largest absolute Gasteiger partial charge is 0.481 e. The van der Waals surface area contributed by atoms with Gasteiger partial charge >= 0.3 is 5.97 Å². The van der Waals surface area contributed by atoms with E-state index in [2.05, 4.69) is 10.5 Å². The molecule has 1 aromatic carbocycles. The summed E-state index contributed by atoms with van der Waals surface area (Å²) >= 11 is 0. The second-order valence-electron chi connectivity index (χ2n) is 4.64. The molecule has 1 aliphatic rings. The molecule has 2 N–H and O–H groups in total. The summed E-state index contributed by atoms with van der Waals surface area (Å²) in [4.78, 5) is 11.3. The van der Waals surface area contributed by atoms with Gasteiger partial charge in [-0.15, -0.1) is 0 Å². The molecule has 0 aliphatic carbocycles. The van der Waals surface area contributed by atoms with Crippen molar-refractivity contribution in [1.82, 2.24) is 10.5 Å². The Morgan fingerprint density at radius 1 is 1.50 bits per heavy atom. The molecule has 1 fully saturated rings. The molecule has 2 unspecified atom stereocenters. The van der Waals surface area contributed by atoms with E-state index in [1.165, 1.54) is 0 Å². The van der Waals surface area contributed by atoms with Crippen LogP contribution in [-0.2, 0) is 4.79 Å². The monoisotopic (exact) mass is 246 g/mol. The van der Waals surface area contributed by atoms with E-state index in [9.17, 15) is 9.90 Å². The Bertz CT molecular complexity index is 578. The van der Waals surface area contributed by atoms with Gasteiger partial charge in [0.25, 0.3) is 0 Å². The Kier molecular flexibility index (Phi) is 2.76. The average molecular weight is 246 g/mol. The van der Waals surface area contributed by atoms with Crippen molar-refractivity contribution in [2.24, 2.45) is 5.92 Å². The molecule has 2 aromatic rings. The summed E-state index contributed by atoms with van der Waals surface area (Å²) < 4.78 is 4.98. The van der Waals surface area contributed by atoms with Crippen LogP contribution in [-0.4, -0.2) is 29.3 Å². The van der Waals surface area contributed by atoms with Crippen LogP contribution in [0.4, 0.5) is 0 Å². The first-order valence-electron chi connectivity index (χ1n) is 6.04. The third-order valence-corrected chi connectivity index (χ3v) is 3.62. The lowest BCUT2D eigenvalue weighted by Crippen LogP contribution is -2.39. The number of rotatable bonds is 2. The number of nitrogens with zero attached hydrogens (tertiary/aromatic N) is 1. The summed E-state index contributed by atoms with van der Waals surface area (Å²) in [7, 11) is 0. The van der Waals surface area contributed by atoms with Gasteiger partial charge in [0.15, 0.2) is 0 Å². The van der Waals surface area contributed by atoms with Gasteiger partial charge in [-0.3, -0.25) is 4.79 Å². The van der Waals surface area contributed by atoms with Crippen LogP contribution in [0.2, 0.25) is 0 Å². The van der Waals surface area contributed by atoms with Crippen molar-refractivity contribution in [2.75, 3.05) is 13.1 Å². The first-order valence-corrected chi connectivity index (χ1v) is 6.04. The normalized spacial score (nSPS) is 24.2. The predicted molar refractivity (Wildman–Crippen MR) is 65.4 cm³/mol. The highest BCUT2D eigenvalue weighted by Crippen LogP contribution is 2.34. The molecule has 5 heteroatoms. The number of piperidine rings is 1. The van der Waals surface area contributed by atoms with Gasteiger partial charge in [0.05, 0.1) is 5.92 Å². The summed E-state index contributed by atoms with van der Waals surface area (Å²) in [6.45, 7) is 1.34. The summed E-state index contributed by atoms with van der Waals surface area (Å²) in [6.07, 6.45) is 2.40. The average Bonchev–Trinajstić information content (AvgIpc) is 2.86. The Morgan fingerprint density at radius 2 is 2.39 bits per heavy atom. The Balaban J connectivity index is 2.06. The van der Waals surface area contributed by atoms with Crippen molar-refractivity contribution >= 4 is 16.9 Å². The number of hydrogen-bond acceptors (Lipinski definition) is 4. The van der Waals surface area contributed by atoms with Crippen LogP contribution in [0.3, 0.4) is 0 Å². The van der Waals surface area contributed by atoms with Crippen molar-refractivity contribution in [3.8, 4) is 0 Å². The van der Waals surface area contributed by atoms with E-state index in [0.29, 0.717) is 6.54 Å². The zero-order valence-electron chi connectivity index (χ0n) is 9.80. The zero-order chi connectivity index (χ0) is 12.5. The predicted octanol–water partition coefficient (Wildman–Crippen LogP) is 1.61. The van der Waals surface area contributed by atoms with E-state index < -0.39 is 11.9 Å². The number of carboxylic acid groups (broad SMARTS) is 1. The second kappa shape index (κ2) is 4.42. The summed E-state index contributed by atoms with van der Waals surface area (Å²) in [5, 5.41) is 17.4. The van der Waals surface area contributed by atoms with Gasteiger partial charge in [-0.1, -0.05) is 17.3 Å². The van der Waals surface area contributed by atoms with Gasteiger partial charge in [-0.05, 0) is 24.6 Å². The maximum atomic E-state index is 11.3. The number of benzene rings is 1. The number of carbonyl (C=O) groups is 1. The van der Waals surface area contributed by atoms with Gasteiger partial charge in [0.1, 0.15) is 11.8 Å². The molecule has 1 saturated heterocycles. The number of aromatic nitrogens is 1. The highest BCUT2D eigenvalue weighted by Gasteiger charge is 2.33. The third kappa shape index (κ3) is 1.76. The molecule has 0 saturated carbocycles. The van der Waals surface area contributed by atoms with Crippen molar-refractivity contribution in [3.05, 3.63) is 30.0 Å². The molecule has 5 nitrogen and oxygen atoms in total. The van der Waals surface area contributed by atoms with Gasteiger partial charge < -0.3 is 14.9 Å². The minimum absolute atomic E-state index is 0.00227. The first-order chi connectivity index (χ1) is 8.77. The van der Waals surface area contributed by atoms with E-state index in [1.807, 2.05) is 18.2 Å². The van der Waals surface area contributed by atoms with E-state index >= 15 is 0 Å². The molecule has 0 amide bonds. The van der Waals surface area contributed by atoms with Crippen molar-refractivity contribution < 1.29 is 14.4 Å². The molecule has 1 aromatic heterocycles. The molecule has 2 heterocycles. The van der Waals surface area contributed by atoms with Crippen molar-refractivity contribution in [2.45, 2.75) is 12.3 Å². The SMILES string of the molecule is O=C(O)C1CNCCC1c1cccc2conc12. The van der Waals surface area contributed by atoms with Gasteiger partial charge in [-0.2, -0.15) is 0 Å². The highest BCUT2D eigenvalue weighted by atomic mass is 16.5. The van der Waals surface area contributed by atoms with Crippen LogP contribution in [0.1, 0.15) is 17.9 Å². The van der Waals surface area contributed by atoms with E-state index in [0.717, 1.165) is 29.4 Å². The van der Waals surface area contributed by atoms with Crippen LogP contribution in [0.5, 0.6) is 0 Å². The molecular formula is C13H14N2O3. The molecule has 0 radical (unpaired) electrons. The minimum atomic E-state index is -0.757. The maximum absolute atomic E-state index is 11.3. The number of carboxylic acids is 1. The van der Waals surface area contributed by atoms with Crippen LogP contribution in [0.25, 0.3) is 10.9 Å². The Labute approximate surface area is 104 Å². The van der Waals surface area contributed by atoms with Crippen molar-refractivity contribution in [1.29, 1.82) is 0 Å².